The number of carbonyl (C=O) groups is 2. The van der Waals surface area contributed by atoms with Crippen molar-refractivity contribution in [3.63, 3.8) is 0 Å². The minimum atomic E-state index is -3.11. The van der Waals surface area contributed by atoms with Gasteiger partial charge in [0.1, 0.15) is 12.7 Å². The Morgan fingerprint density at radius 1 is 1.27 bits per heavy atom. The van der Waals surface area contributed by atoms with E-state index < -0.39 is 22.4 Å². The molecular weight excluding hydrogens is 408 g/mol. The molecule has 0 radical (unpaired) electrons. The number of hydrogen-bond acceptors (Lipinski definition) is 7. The van der Waals surface area contributed by atoms with Crippen LogP contribution in [0.15, 0.2) is 36.9 Å². The molecule has 1 aromatic heterocycles. The fourth-order valence-electron chi connectivity index (χ4n) is 3.40. The van der Waals surface area contributed by atoms with Crippen molar-refractivity contribution < 1.29 is 22.7 Å². The van der Waals surface area contributed by atoms with Crippen LogP contribution in [0.25, 0.3) is 0 Å². The van der Waals surface area contributed by atoms with Crippen LogP contribution in [-0.4, -0.2) is 70.7 Å². The lowest BCUT2D eigenvalue weighted by Crippen LogP contribution is -2.43. The normalized spacial score (nSPS) is 17.6. The molecule has 0 spiro atoms. The predicted molar refractivity (Wildman–Crippen MR) is 110 cm³/mol. The predicted octanol–water partition coefficient (Wildman–Crippen LogP) is 1.30. The van der Waals surface area contributed by atoms with Crippen molar-refractivity contribution in [3.05, 3.63) is 48.0 Å². The lowest BCUT2D eigenvalue weighted by molar-refractivity contribution is -0.136. The number of ether oxygens (including phenoxy) is 1. The molecule has 1 aliphatic heterocycles. The van der Waals surface area contributed by atoms with E-state index in [1.54, 1.807) is 40.2 Å². The highest BCUT2D eigenvalue weighted by molar-refractivity contribution is 7.91. The summed E-state index contributed by atoms with van der Waals surface area (Å²) >= 11 is 0. The molecule has 162 valence electrons. The van der Waals surface area contributed by atoms with Gasteiger partial charge in [-0.3, -0.25) is 4.79 Å². The van der Waals surface area contributed by atoms with Gasteiger partial charge in [-0.25, -0.2) is 22.9 Å². The Morgan fingerprint density at radius 2 is 2.03 bits per heavy atom. The molecule has 1 aliphatic rings. The number of nitrogens with zero attached hydrogens (tertiary/aromatic N) is 4. The average molecular weight is 435 g/mol. The largest absolute Gasteiger partial charge is 0.452 e. The lowest BCUT2D eigenvalue weighted by Gasteiger charge is -2.28. The van der Waals surface area contributed by atoms with Gasteiger partial charge in [-0.15, -0.1) is 0 Å². The first-order valence-corrected chi connectivity index (χ1v) is 11.8. The average Bonchev–Trinajstić information content (AvgIpc) is 3.36. The van der Waals surface area contributed by atoms with E-state index in [0.29, 0.717) is 25.1 Å². The van der Waals surface area contributed by atoms with Gasteiger partial charge in [0.05, 0.1) is 23.6 Å². The number of aromatic nitrogens is 3. The number of sulfone groups is 1. The summed E-state index contributed by atoms with van der Waals surface area (Å²) in [4.78, 5) is 30.4. The van der Waals surface area contributed by atoms with E-state index in [-0.39, 0.29) is 23.5 Å². The second kappa shape index (κ2) is 9.84. The highest BCUT2D eigenvalue weighted by atomic mass is 32.2. The zero-order valence-electron chi connectivity index (χ0n) is 16.9. The third kappa shape index (κ3) is 5.88. The zero-order valence-corrected chi connectivity index (χ0v) is 17.8. The quantitative estimate of drug-likeness (QED) is 0.547. The Morgan fingerprint density at radius 3 is 2.63 bits per heavy atom. The van der Waals surface area contributed by atoms with Crippen molar-refractivity contribution in [2.45, 2.75) is 38.8 Å². The summed E-state index contributed by atoms with van der Waals surface area (Å²) in [5.74, 6) is -0.885. The third-order valence-corrected chi connectivity index (χ3v) is 6.80. The van der Waals surface area contributed by atoms with Crippen molar-refractivity contribution in [2.75, 3.05) is 24.7 Å². The van der Waals surface area contributed by atoms with Gasteiger partial charge in [0, 0.05) is 12.6 Å². The summed E-state index contributed by atoms with van der Waals surface area (Å²) in [7, 11) is -3.11. The molecule has 1 aromatic carbocycles. The molecule has 0 aliphatic carbocycles. The maximum absolute atomic E-state index is 12.7. The van der Waals surface area contributed by atoms with E-state index in [9.17, 15) is 18.0 Å². The molecule has 0 saturated carbocycles. The van der Waals surface area contributed by atoms with Gasteiger partial charge in [0.2, 0.25) is 0 Å². The van der Waals surface area contributed by atoms with Crippen LogP contribution < -0.4 is 0 Å². The molecule has 30 heavy (non-hydrogen) atoms. The number of benzene rings is 1. The molecule has 9 nitrogen and oxygen atoms in total. The van der Waals surface area contributed by atoms with Gasteiger partial charge < -0.3 is 9.64 Å². The molecule has 0 N–H and O–H groups in total. The molecule has 1 amide bonds. The maximum Gasteiger partial charge on any atom is 0.338 e. The highest BCUT2D eigenvalue weighted by Gasteiger charge is 2.34. The van der Waals surface area contributed by atoms with Crippen molar-refractivity contribution in [1.29, 1.82) is 0 Å². The first kappa shape index (κ1) is 21.9. The van der Waals surface area contributed by atoms with Crippen LogP contribution in [-0.2, 0) is 25.9 Å². The van der Waals surface area contributed by atoms with Crippen LogP contribution in [0.3, 0.4) is 0 Å². The van der Waals surface area contributed by atoms with Crippen LogP contribution in [0.4, 0.5) is 0 Å². The van der Waals surface area contributed by atoms with Crippen molar-refractivity contribution in [3.8, 4) is 0 Å². The monoisotopic (exact) mass is 434 g/mol. The Labute approximate surface area is 176 Å². The molecule has 3 rings (SSSR count). The van der Waals surface area contributed by atoms with Crippen molar-refractivity contribution in [2.24, 2.45) is 0 Å². The molecule has 1 fully saturated rings. The molecule has 10 heteroatoms. The lowest BCUT2D eigenvalue weighted by atomic mass is 10.1. The summed E-state index contributed by atoms with van der Waals surface area (Å²) in [6.45, 7) is 2.59. The second-order valence-corrected chi connectivity index (χ2v) is 9.59. The molecule has 0 unspecified atom stereocenters. The number of hydrogen-bond donors (Lipinski definition) is 0. The van der Waals surface area contributed by atoms with E-state index in [2.05, 4.69) is 10.1 Å². The molecule has 0 bridgehead atoms. The van der Waals surface area contributed by atoms with Gasteiger partial charge in [0.25, 0.3) is 5.91 Å². The number of esters is 1. The molecule has 1 atom stereocenters. The summed E-state index contributed by atoms with van der Waals surface area (Å²) in [5.41, 5.74) is 1.29. The second-order valence-electron chi connectivity index (χ2n) is 7.36. The summed E-state index contributed by atoms with van der Waals surface area (Å²) in [6, 6.07) is 6.51. The summed E-state index contributed by atoms with van der Waals surface area (Å²) in [5, 5.41) is 4.03. The maximum atomic E-state index is 12.7. The van der Waals surface area contributed by atoms with Gasteiger partial charge in [-0.05, 0) is 30.5 Å². The summed E-state index contributed by atoms with van der Waals surface area (Å²) < 4.78 is 30.4. The van der Waals surface area contributed by atoms with Crippen molar-refractivity contribution in [1.82, 2.24) is 19.7 Å². The zero-order chi connectivity index (χ0) is 21.6. The topological polar surface area (TPSA) is 111 Å². The van der Waals surface area contributed by atoms with Crippen LogP contribution in [0, 0.1) is 0 Å². The van der Waals surface area contributed by atoms with E-state index in [1.165, 1.54) is 6.33 Å². The molecule has 1 saturated heterocycles. The molecular formula is C20H26N4O5S. The standard InChI is InChI=1S/C20H26N4O5S/c1-2-3-9-24(18-8-10-30(27,28)13-18)19(25)12-29-20(26)17-6-4-16(5-7-17)11-23-15-21-14-22-23/h4-7,14-15,18H,2-3,8-13H2,1H3/t18-/m1/s1. The van der Waals surface area contributed by atoms with E-state index in [1.807, 2.05) is 6.92 Å². The number of carbonyl (C=O) groups excluding carboxylic acids is 2. The molecule has 2 heterocycles. The number of unbranched alkanes of at least 4 members (excludes halogenated alkanes) is 1. The Bertz CT molecular complexity index is 958. The van der Waals surface area contributed by atoms with Gasteiger partial charge in [-0.1, -0.05) is 25.5 Å². The Kier molecular flexibility index (Phi) is 7.20. The fourth-order valence-corrected chi connectivity index (χ4v) is 5.13. The van der Waals surface area contributed by atoms with E-state index in [0.717, 1.165) is 18.4 Å². The van der Waals surface area contributed by atoms with Crippen LogP contribution in [0.2, 0.25) is 0 Å². The van der Waals surface area contributed by atoms with Gasteiger partial charge in [0.15, 0.2) is 16.4 Å². The number of amides is 1. The van der Waals surface area contributed by atoms with Crippen LogP contribution in [0.5, 0.6) is 0 Å². The number of rotatable bonds is 9. The third-order valence-electron chi connectivity index (χ3n) is 5.05. The first-order chi connectivity index (χ1) is 14.4. The molecule has 2 aromatic rings. The first-order valence-electron chi connectivity index (χ1n) is 9.96. The van der Waals surface area contributed by atoms with Gasteiger partial charge >= 0.3 is 5.97 Å². The van der Waals surface area contributed by atoms with E-state index in [4.69, 9.17) is 4.74 Å². The highest BCUT2D eigenvalue weighted by Crippen LogP contribution is 2.19. The van der Waals surface area contributed by atoms with E-state index >= 15 is 0 Å². The fraction of sp³-hybridized carbons (Fsp3) is 0.500. The summed E-state index contributed by atoms with van der Waals surface area (Å²) in [6.07, 6.45) is 5.13. The Hall–Kier alpha value is -2.75. The minimum Gasteiger partial charge on any atom is -0.452 e. The smallest absolute Gasteiger partial charge is 0.338 e. The van der Waals surface area contributed by atoms with Crippen LogP contribution in [0.1, 0.15) is 42.1 Å². The van der Waals surface area contributed by atoms with Gasteiger partial charge in [-0.2, -0.15) is 5.10 Å². The Balaban J connectivity index is 1.55. The SMILES string of the molecule is CCCCN(C(=O)COC(=O)c1ccc(Cn2cncn2)cc1)[C@@H]1CCS(=O)(=O)C1. The van der Waals surface area contributed by atoms with Crippen LogP contribution >= 0.6 is 0 Å². The minimum absolute atomic E-state index is 0.0242. The van der Waals surface area contributed by atoms with Crippen molar-refractivity contribution >= 4 is 21.7 Å².